The molecule has 0 saturated carbocycles. The van der Waals surface area contributed by atoms with Gasteiger partial charge in [0.15, 0.2) is 5.78 Å². The molecule has 0 radical (unpaired) electrons. The standard InChI is InChI=1S/C32H27I2NO2/c1-32(2)16-24-28-22-11-7-6-10-20(22)12-13-26(28)35-30(29(24)27(36)17-32)23-14-21(33)15-25(34)31(23)37-18-19-8-4-3-5-9-19/h3-15,30,35H,16-18H2,1-2H3/t30-/m1/s1. The lowest BCUT2D eigenvalue weighted by Gasteiger charge is -2.40. The van der Waals surface area contributed by atoms with E-state index in [0.717, 1.165) is 41.7 Å². The maximum Gasteiger partial charge on any atom is 0.162 e. The molecular formula is C32H27I2NO2. The summed E-state index contributed by atoms with van der Waals surface area (Å²) in [6, 6.07) is 27.1. The highest BCUT2D eigenvalue weighted by Gasteiger charge is 2.41. The van der Waals surface area contributed by atoms with Gasteiger partial charge in [0.05, 0.1) is 9.61 Å². The van der Waals surface area contributed by atoms with Gasteiger partial charge < -0.3 is 10.1 Å². The summed E-state index contributed by atoms with van der Waals surface area (Å²) >= 11 is 4.73. The summed E-state index contributed by atoms with van der Waals surface area (Å²) in [4.78, 5) is 13.9. The highest BCUT2D eigenvalue weighted by Crippen LogP contribution is 2.53. The van der Waals surface area contributed by atoms with E-state index in [1.165, 1.54) is 21.9 Å². The zero-order valence-electron chi connectivity index (χ0n) is 20.8. The fourth-order valence-electron chi connectivity index (χ4n) is 5.75. The quantitative estimate of drug-likeness (QED) is 0.215. The fraction of sp³-hybridized carbons (Fsp3) is 0.219. The summed E-state index contributed by atoms with van der Waals surface area (Å²) in [7, 11) is 0. The number of benzene rings is 4. The molecule has 1 aliphatic heterocycles. The van der Waals surface area contributed by atoms with Crippen molar-refractivity contribution >= 4 is 73.0 Å². The number of anilines is 1. The van der Waals surface area contributed by atoms with Crippen molar-refractivity contribution in [1.29, 1.82) is 0 Å². The first-order chi connectivity index (χ1) is 17.8. The summed E-state index contributed by atoms with van der Waals surface area (Å²) in [5.41, 5.74) is 6.38. The van der Waals surface area contributed by atoms with E-state index in [0.29, 0.717) is 13.0 Å². The molecule has 0 saturated heterocycles. The van der Waals surface area contributed by atoms with Crippen molar-refractivity contribution in [3.05, 3.63) is 108 Å². The van der Waals surface area contributed by atoms with E-state index < -0.39 is 0 Å². The van der Waals surface area contributed by atoms with E-state index in [-0.39, 0.29) is 17.2 Å². The van der Waals surface area contributed by atoms with Crippen LogP contribution in [0.5, 0.6) is 5.75 Å². The molecule has 37 heavy (non-hydrogen) atoms. The molecule has 1 aliphatic carbocycles. The molecule has 4 aromatic carbocycles. The number of ether oxygens (including phenoxy) is 1. The van der Waals surface area contributed by atoms with Gasteiger partial charge in [-0.3, -0.25) is 4.79 Å². The number of halogens is 2. The molecule has 3 nitrogen and oxygen atoms in total. The highest BCUT2D eigenvalue weighted by atomic mass is 127. The first kappa shape index (κ1) is 24.9. The monoisotopic (exact) mass is 711 g/mol. The van der Waals surface area contributed by atoms with Crippen LogP contribution in [-0.4, -0.2) is 5.78 Å². The molecule has 1 atom stereocenters. The largest absolute Gasteiger partial charge is 0.487 e. The Morgan fingerprint density at radius 3 is 2.51 bits per heavy atom. The lowest BCUT2D eigenvalue weighted by Crippen LogP contribution is -2.33. The van der Waals surface area contributed by atoms with Crippen molar-refractivity contribution in [2.75, 3.05) is 5.32 Å². The molecule has 2 aliphatic rings. The second-order valence-corrected chi connectivity index (χ2v) is 13.1. The third-order valence-corrected chi connectivity index (χ3v) is 8.74. The number of carbonyl (C=O) groups is 1. The number of carbonyl (C=O) groups excluding carboxylic acids is 1. The lowest BCUT2D eigenvalue weighted by atomic mass is 9.68. The van der Waals surface area contributed by atoms with Crippen LogP contribution in [0.1, 0.15) is 49.4 Å². The SMILES string of the molecule is CC1(C)CC(=O)C2=C(C1)c1c(ccc3ccccc13)N[C@@H]2c1cc(I)cc(I)c1OCc1ccccc1. The maximum absolute atomic E-state index is 13.9. The van der Waals surface area contributed by atoms with E-state index in [2.05, 4.69) is 125 Å². The molecule has 6 rings (SSSR count). The van der Waals surface area contributed by atoms with Gasteiger partial charge in [-0.2, -0.15) is 0 Å². The zero-order chi connectivity index (χ0) is 25.7. The van der Waals surface area contributed by atoms with Gasteiger partial charge in [0.1, 0.15) is 12.4 Å². The molecule has 0 aromatic heterocycles. The Balaban J connectivity index is 1.54. The number of rotatable bonds is 4. The topological polar surface area (TPSA) is 38.3 Å². The number of hydrogen-bond acceptors (Lipinski definition) is 3. The van der Waals surface area contributed by atoms with Gasteiger partial charge in [0.25, 0.3) is 0 Å². The third kappa shape index (κ3) is 4.69. The number of allylic oxidation sites excluding steroid dienone is 1. The molecule has 5 heteroatoms. The lowest BCUT2D eigenvalue weighted by molar-refractivity contribution is -0.118. The van der Waals surface area contributed by atoms with Gasteiger partial charge in [-0.05, 0) is 97.1 Å². The van der Waals surface area contributed by atoms with Crippen LogP contribution in [0.4, 0.5) is 5.69 Å². The van der Waals surface area contributed by atoms with Gasteiger partial charge >= 0.3 is 0 Å². The zero-order valence-corrected chi connectivity index (χ0v) is 25.1. The number of hydrogen-bond donors (Lipinski definition) is 1. The van der Waals surface area contributed by atoms with E-state index in [1.807, 2.05) is 18.2 Å². The summed E-state index contributed by atoms with van der Waals surface area (Å²) in [5, 5.41) is 6.18. The van der Waals surface area contributed by atoms with Gasteiger partial charge in [-0.25, -0.2) is 0 Å². The van der Waals surface area contributed by atoms with Crippen molar-refractivity contribution in [3.8, 4) is 5.75 Å². The van der Waals surface area contributed by atoms with E-state index in [1.54, 1.807) is 0 Å². The predicted molar refractivity (Wildman–Crippen MR) is 168 cm³/mol. The first-order valence-corrected chi connectivity index (χ1v) is 14.7. The average molecular weight is 711 g/mol. The van der Waals surface area contributed by atoms with E-state index >= 15 is 0 Å². The molecule has 0 amide bonds. The minimum atomic E-state index is -0.263. The Hall–Kier alpha value is -2.39. The van der Waals surface area contributed by atoms with Crippen LogP contribution in [0.15, 0.2) is 84.4 Å². The van der Waals surface area contributed by atoms with Crippen LogP contribution in [0.3, 0.4) is 0 Å². The molecule has 1 N–H and O–H groups in total. The highest BCUT2D eigenvalue weighted by molar-refractivity contribution is 14.1. The summed E-state index contributed by atoms with van der Waals surface area (Å²) < 4.78 is 8.67. The summed E-state index contributed by atoms with van der Waals surface area (Å²) in [6.45, 7) is 4.89. The van der Waals surface area contributed by atoms with Crippen LogP contribution in [-0.2, 0) is 11.4 Å². The molecule has 0 spiro atoms. The Kier molecular flexibility index (Phi) is 6.55. The molecule has 186 valence electrons. The number of fused-ring (bicyclic) bond motifs is 4. The van der Waals surface area contributed by atoms with Crippen LogP contribution in [0, 0.1) is 12.6 Å². The molecule has 0 unspecified atom stereocenters. The Labute approximate surface area is 245 Å². The van der Waals surface area contributed by atoms with Crippen molar-refractivity contribution in [2.45, 2.75) is 39.3 Å². The smallest absolute Gasteiger partial charge is 0.162 e. The van der Waals surface area contributed by atoms with Gasteiger partial charge in [-0.15, -0.1) is 0 Å². The maximum atomic E-state index is 13.9. The average Bonchev–Trinajstić information content (AvgIpc) is 2.86. The molecule has 0 fully saturated rings. The van der Waals surface area contributed by atoms with Crippen LogP contribution in [0.25, 0.3) is 16.3 Å². The van der Waals surface area contributed by atoms with Crippen molar-refractivity contribution in [1.82, 2.24) is 0 Å². The third-order valence-electron chi connectivity index (χ3n) is 7.31. The second kappa shape index (κ2) is 9.73. The van der Waals surface area contributed by atoms with Crippen molar-refractivity contribution < 1.29 is 9.53 Å². The second-order valence-electron chi connectivity index (χ2n) is 10.7. The van der Waals surface area contributed by atoms with Crippen molar-refractivity contribution in [3.63, 3.8) is 0 Å². The fourth-order valence-corrected chi connectivity index (χ4v) is 7.79. The molecular weight excluding hydrogens is 684 g/mol. The number of Topliss-reactive ketones (excluding diaryl/α,β-unsaturated/α-hetero) is 1. The molecule has 4 aromatic rings. The Bertz CT molecular complexity index is 1570. The van der Waals surface area contributed by atoms with E-state index in [9.17, 15) is 4.79 Å². The molecule has 1 heterocycles. The van der Waals surface area contributed by atoms with Crippen molar-refractivity contribution in [2.24, 2.45) is 5.41 Å². The Morgan fingerprint density at radius 2 is 1.70 bits per heavy atom. The Morgan fingerprint density at radius 1 is 0.946 bits per heavy atom. The summed E-state index contributed by atoms with van der Waals surface area (Å²) in [5.74, 6) is 1.07. The van der Waals surface area contributed by atoms with Crippen LogP contribution in [0.2, 0.25) is 0 Å². The minimum absolute atomic E-state index is 0.0851. The van der Waals surface area contributed by atoms with E-state index in [4.69, 9.17) is 4.74 Å². The number of ketones is 1. The number of nitrogens with one attached hydrogen (secondary N) is 1. The molecule has 0 bridgehead atoms. The van der Waals surface area contributed by atoms with Gasteiger partial charge in [0.2, 0.25) is 0 Å². The first-order valence-electron chi connectivity index (χ1n) is 12.5. The summed E-state index contributed by atoms with van der Waals surface area (Å²) in [6.07, 6.45) is 1.42. The van der Waals surface area contributed by atoms with Gasteiger partial charge in [-0.1, -0.05) is 74.5 Å². The predicted octanol–water partition coefficient (Wildman–Crippen LogP) is 8.94. The minimum Gasteiger partial charge on any atom is -0.487 e. The van der Waals surface area contributed by atoms with Crippen LogP contribution >= 0.6 is 45.2 Å². The normalized spacial score (nSPS) is 18.3. The van der Waals surface area contributed by atoms with Gasteiger partial charge in [0, 0.05) is 32.4 Å². The van der Waals surface area contributed by atoms with Crippen LogP contribution < -0.4 is 10.1 Å².